The minimum atomic E-state index is -0.351. The number of hydrogen-bond donors (Lipinski definition) is 1. The van der Waals surface area contributed by atoms with Crippen molar-refractivity contribution in [2.24, 2.45) is 0 Å². The van der Waals surface area contributed by atoms with E-state index in [2.05, 4.69) is 23.1 Å². The van der Waals surface area contributed by atoms with Crippen molar-refractivity contribution in [1.82, 2.24) is 0 Å². The van der Waals surface area contributed by atoms with Crippen LogP contribution in [0.1, 0.15) is 29.2 Å². The molecule has 0 aromatic heterocycles. The number of benzene rings is 2. The number of para-hydroxylation sites is 1. The van der Waals surface area contributed by atoms with Gasteiger partial charge in [-0.2, -0.15) is 0 Å². The van der Waals surface area contributed by atoms with E-state index in [1.807, 2.05) is 31.2 Å². The zero-order valence-corrected chi connectivity index (χ0v) is 12.3. The summed E-state index contributed by atoms with van der Waals surface area (Å²) in [5.41, 5.74) is 4.43. The highest BCUT2D eigenvalue weighted by atomic mass is 35.5. The van der Waals surface area contributed by atoms with E-state index in [4.69, 9.17) is 11.6 Å². The number of halogens is 1. The van der Waals surface area contributed by atoms with E-state index < -0.39 is 0 Å². The molecule has 1 N–H and O–H groups in total. The van der Waals surface area contributed by atoms with Crippen LogP contribution in [-0.2, 0) is 6.54 Å². The van der Waals surface area contributed by atoms with Crippen molar-refractivity contribution >= 4 is 17.3 Å². The second-order valence-corrected chi connectivity index (χ2v) is 5.79. The van der Waals surface area contributed by atoms with Crippen LogP contribution in [-0.4, -0.2) is 11.7 Å². The molecule has 0 radical (unpaired) electrons. The van der Waals surface area contributed by atoms with Gasteiger partial charge in [0.05, 0.1) is 6.10 Å². The number of aliphatic hydroxyl groups excluding tert-OH is 1. The fourth-order valence-corrected chi connectivity index (χ4v) is 3.06. The summed E-state index contributed by atoms with van der Waals surface area (Å²) < 4.78 is 0. The first kappa shape index (κ1) is 13.5. The highest BCUT2D eigenvalue weighted by Crippen LogP contribution is 2.35. The second kappa shape index (κ2) is 5.47. The van der Waals surface area contributed by atoms with Crippen LogP contribution in [0.3, 0.4) is 0 Å². The lowest BCUT2D eigenvalue weighted by Gasteiger charge is -2.34. The Labute approximate surface area is 124 Å². The summed E-state index contributed by atoms with van der Waals surface area (Å²) in [7, 11) is 0. The monoisotopic (exact) mass is 287 g/mol. The summed E-state index contributed by atoms with van der Waals surface area (Å²) in [4.78, 5) is 2.29. The molecule has 3 heteroatoms. The average molecular weight is 288 g/mol. The van der Waals surface area contributed by atoms with Crippen molar-refractivity contribution in [2.75, 3.05) is 11.4 Å². The largest absolute Gasteiger partial charge is 0.388 e. The molecular formula is C17H18ClNO. The van der Waals surface area contributed by atoms with Crippen LogP contribution in [0.2, 0.25) is 5.02 Å². The lowest BCUT2D eigenvalue weighted by molar-refractivity contribution is 0.164. The third-order valence-electron chi connectivity index (χ3n) is 3.88. The van der Waals surface area contributed by atoms with Gasteiger partial charge in [0.2, 0.25) is 0 Å². The van der Waals surface area contributed by atoms with Crippen LogP contribution in [0.5, 0.6) is 0 Å². The summed E-state index contributed by atoms with van der Waals surface area (Å²) in [6, 6.07) is 14.2. The molecule has 1 unspecified atom stereocenters. The van der Waals surface area contributed by atoms with Gasteiger partial charge < -0.3 is 10.0 Å². The van der Waals surface area contributed by atoms with E-state index in [1.54, 1.807) is 0 Å². The molecule has 20 heavy (non-hydrogen) atoms. The maximum Gasteiger partial charge on any atom is 0.0826 e. The summed E-state index contributed by atoms with van der Waals surface area (Å²) in [5.74, 6) is 0. The number of aliphatic hydroxyl groups is 1. The van der Waals surface area contributed by atoms with Gasteiger partial charge in [-0.3, -0.25) is 0 Å². The van der Waals surface area contributed by atoms with Gasteiger partial charge in [-0.25, -0.2) is 0 Å². The predicted molar refractivity (Wildman–Crippen MR) is 83.3 cm³/mol. The molecule has 0 saturated heterocycles. The molecule has 104 valence electrons. The number of anilines is 1. The molecule has 1 aliphatic heterocycles. The van der Waals surface area contributed by atoms with Crippen LogP contribution < -0.4 is 4.90 Å². The summed E-state index contributed by atoms with van der Waals surface area (Å²) >= 11 is 6.33. The molecule has 3 rings (SSSR count). The Morgan fingerprint density at radius 2 is 2.05 bits per heavy atom. The van der Waals surface area contributed by atoms with E-state index >= 15 is 0 Å². The Kier molecular flexibility index (Phi) is 3.68. The Hall–Kier alpha value is -1.51. The minimum Gasteiger partial charge on any atom is -0.388 e. The van der Waals surface area contributed by atoms with Gasteiger partial charge in [-0.1, -0.05) is 41.9 Å². The van der Waals surface area contributed by atoms with Crippen LogP contribution in [0.25, 0.3) is 0 Å². The number of hydrogen-bond acceptors (Lipinski definition) is 2. The van der Waals surface area contributed by atoms with Gasteiger partial charge in [0.15, 0.2) is 0 Å². The second-order valence-electron chi connectivity index (χ2n) is 5.38. The first-order valence-corrected chi connectivity index (χ1v) is 7.30. The highest BCUT2D eigenvalue weighted by molar-refractivity contribution is 6.31. The van der Waals surface area contributed by atoms with Crippen molar-refractivity contribution in [3.63, 3.8) is 0 Å². The molecule has 0 saturated carbocycles. The van der Waals surface area contributed by atoms with Crippen molar-refractivity contribution in [2.45, 2.75) is 26.0 Å². The van der Waals surface area contributed by atoms with Gasteiger partial charge in [0.25, 0.3) is 0 Å². The molecule has 0 fully saturated rings. The molecule has 0 amide bonds. The van der Waals surface area contributed by atoms with Gasteiger partial charge in [0.1, 0.15) is 0 Å². The normalized spacial score (nSPS) is 17.9. The van der Waals surface area contributed by atoms with E-state index in [0.29, 0.717) is 0 Å². The van der Waals surface area contributed by atoms with Crippen molar-refractivity contribution in [1.29, 1.82) is 0 Å². The van der Waals surface area contributed by atoms with E-state index in [9.17, 15) is 5.11 Å². The summed E-state index contributed by atoms with van der Waals surface area (Å²) in [6.45, 7) is 3.67. The quantitative estimate of drug-likeness (QED) is 0.899. The molecule has 1 heterocycles. The van der Waals surface area contributed by atoms with Gasteiger partial charge in [0, 0.05) is 29.4 Å². The first-order valence-electron chi connectivity index (χ1n) is 6.92. The summed E-state index contributed by atoms with van der Waals surface area (Å²) in [5, 5.41) is 10.9. The summed E-state index contributed by atoms with van der Waals surface area (Å²) in [6.07, 6.45) is 0.413. The Morgan fingerprint density at radius 1 is 1.25 bits per heavy atom. The predicted octanol–water partition coefficient (Wildman–Crippen LogP) is 4.09. The SMILES string of the molecule is Cc1ccc(CN2CCC(O)c3ccccc32)c(Cl)c1. The Morgan fingerprint density at radius 3 is 2.85 bits per heavy atom. The van der Waals surface area contributed by atoms with E-state index in [0.717, 1.165) is 41.3 Å². The molecule has 2 nitrogen and oxygen atoms in total. The molecular weight excluding hydrogens is 270 g/mol. The van der Waals surface area contributed by atoms with Gasteiger partial charge in [-0.15, -0.1) is 0 Å². The third-order valence-corrected chi connectivity index (χ3v) is 4.23. The first-order chi connectivity index (χ1) is 9.65. The lowest BCUT2D eigenvalue weighted by Crippen LogP contribution is -2.30. The van der Waals surface area contributed by atoms with Crippen LogP contribution in [0, 0.1) is 6.92 Å². The maximum atomic E-state index is 10.1. The third kappa shape index (κ3) is 2.54. The van der Waals surface area contributed by atoms with Gasteiger partial charge >= 0.3 is 0 Å². The number of nitrogens with zero attached hydrogens (tertiary/aromatic N) is 1. The van der Waals surface area contributed by atoms with Crippen molar-refractivity contribution < 1.29 is 5.11 Å². The Bertz CT molecular complexity index is 626. The van der Waals surface area contributed by atoms with E-state index in [-0.39, 0.29) is 6.10 Å². The van der Waals surface area contributed by atoms with Crippen LogP contribution >= 0.6 is 11.6 Å². The van der Waals surface area contributed by atoms with Crippen LogP contribution in [0.15, 0.2) is 42.5 Å². The molecule has 1 aliphatic rings. The minimum absolute atomic E-state index is 0.351. The number of rotatable bonds is 2. The van der Waals surface area contributed by atoms with Gasteiger partial charge in [-0.05, 0) is 36.6 Å². The molecule has 1 atom stereocenters. The van der Waals surface area contributed by atoms with Crippen molar-refractivity contribution in [3.05, 3.63) is 64.2 Å². The molecule has 0 spiro atoms. The highest BCUT2D eigenvalue weighted by Gasteiger charge is 2.23. The topological polar surface area (TPSA) is 23.5 Å². The zero-order valence-electron chi connectivity index (χ0n) is 11.5. The smallest absolute Gasteiger partial charge is 0.0826 e. The fourth-order valence-electron chi connectivity index (χ4n) is 2.76. The fraction of sp³-hybridized carbons (Fsp3) is 0.294. The Balaban J connectivity index is 1.90. The zero-order chi connectivity index (χ0) is 14.1. The molecule has 0 bridgehead atoms. The van der Waals surface area contributed by atoms with Crippen LogP contribution in [0.4, 0.5) is 5.69 Å². The van der Waals surface area contributed by atoms with E-state index in [1.165, 1.54) is 5.56 Å². The molecule has 0 aliphatic carbocycles. The average Bonchev–Trinajstić information content (AvgIpc) is 2.45. The lowest BCUT2D eigenvalue weighted by atomic mass is 9.98. The standard InChI is InChI=1S/C17H18ClNO/c1-12-6-7-13(15(18)10-12)11-19-9-8-17(20)14-4-2-3-5-16(14)19/h2-7,10,17,20H,8-9,11H2,1H3. The number of aryl methyl sites for hydroxylation is 1. The maximum absolute atomic E-state index is 10.1. The van der Waals surface area contributed by atoms with Crippen molar-refractivity contribution in [3.8, 4) is 0 Å². The molecule has 2 aromatic carbocycles. The number of fused-ring (bicyclic) bond motifs is 1. The molecule has 2 aromatic rings.